The predicted octanol–water partition coefficient (Wildman–Crippen LogP) is 4.31. The number of hydrogen-bond acceptors (Lipinski definition) is 4. The third kappa shape index (κ3) is 3.73. The number of carbonyl (C=O) groups excluding carboxylic acids is 1. The van der Waals surface area contributed by atoms with Crippen LogP contribution in [0.4, 0.5) is 5.69 Å². The molecule has 2 heterocycles. The molecule has 1 atom stereocenters. The quantitative estimate of drug-likeness (QED) is 0.733. The van der Waals surface area contributed by atoms with Crippen molar-refractivity contribution in [1.29, 1.82) is 0 Å². The number of benzene rings is 2. The van der Waals surface area contributed by atoms with Gasteiger partial charge in [0.05, 0.1) is 15.2 Å². The SMILES string of the molecule is CC(Nc1ccc(Cc2nc3ccccc3s2)cc1)C(=O)N1CCCC1. The normalized spacial score (nSPS) is 15.3. The summed E-state index contributed by atoms with van der Waals surface area (Å²) in [6, 6.07) is 16.4. The number of nitrogens with one attached hydrogen (secondary N) is 1. The van der Waals surface area contributed by atoms with Gasteiger partial charge in [0.1, 0.15) is 6.04 Å². The van der Waals surface area contributed by atoms with Gasteiger partial charge >= 0.3 is 0 Å². The maximum Gasteiger partial charge on any atom is 0.244 e. The Hall–Kier alpha value is -2.40. The van der Waals surface area contributed by atoms with E-state index in [-0.39, 0.29) is 11.9 Å². The van der Waals surface area contributed by atoms with E-state index >= 15 is 0 Å². The summed E-state index contributed by atoms with van der Waals surface area (Å²) in [5, 5.41) is 4.46. The summed E-state index contributed by atoms with van der Waals surface area (Å²) in [4.78, 5) is 19.1. The van der Waals surface area contributed by atoms with E-state index in [0.717, 1.165) is 48.6 Å². The Morgan fingerprint density at radius 2 is 1.88 bits per heavy atom. The minimum atomic E-state index is -0.191. The van der Waals surface area contributed by atoms with Gasteiger partial charge in [0.2, 0.25) is 5.91 Å². The van der Waals surface area contributed by atoms with Crippen molar-refractivity contribution in [2.75, 3.05) is 18.4 Å². The van der Waals surface area contributed by atoms with Crippen LogP contribution < -0.4 is 5.32 Å². The fourth-order valence-electron chi connectivity index (χ4n) is 3.41. The first-order chi connectivity index (χ1) is 12.7. The molecule has 0 bridgehead atoms. The van der Waals surface area contributed by atoms with Gasteiger partial charge in [-0.3, -0.25) is 4.79 Å². The van der Waals surface area contributed by atoms with E-state index in [1.165, 1.54) is 10.3 Å². The molecule has 1 fully saturated rings. The molecule has 1 unspecified atom stereocenters. The molecule has 4 nitrogen and oxygen atoms in total. The molecule has 1 aromatic heterocycles. The smallest absolute Gasteiger partial charge is 0.244 e. The van der Waals surface area contributed by atoms with Gasteiger partial charge in [0.15, 0.2) is 0 Å². The third-order valence-corrected chi connectivity index (χ3v) is 5.86. The lowest BCUT2D eigenvalue weighted by atomic mass is 10.1. The number of amides is 1. The second kappa shape index (κ2) is 7.46. The lowest BCUT2D eigenvalue weighted by molar-refractivity contribution is -0.130. The van der Waals surface area contributed by atoms with Crippen LogP contribution in [-0.4, -0.2) is 34.9 Å². The third-order valence-electron chi connectivity index (χ3n) is 4.82. The van der Waals surface area contributed by atoms with Crippen LogP contribution in [-0.2, 0) is 11.2 Å². The van der Waals surface area contributed by atoms with E-state index < -0.39 is 0 Å². The van der Waals surface area contributed by atoms with Gasteiger partial charge in [-0.2, -0.15) is 0 Å². The Morgan fingerprint density at radius 1 is 1.15 bits per heavy atom. The lowest BCUT2D eigenvalue weighted by Crippen LogP contribution is -2.39. The second-order valence-corrected chi connectivity index (χ2v) is 7.96. The van der Waals surface area contributed by atoms with E-state index in [0.29, 0.717) is 0 Å². The van der Waals surface area contributed by atoms with Crippen molar-refractivity contribution in [2.24, 2.45) is 0 Å². The Bertz CT molecular complexity index is 864. The molecule has 0 saturated carbocycles. The van der Waals surface area contributed by atoms with Crippen molar-refractivity contribution in [1.82, 2.24) is 9.88 Å². The van der Waals surface area contributed by atoms with E-state index in [1.54, 1.807) is 11.3 Å². The van der Waals surface area contributed by atoms with Crippen LogP contribution in [0.1, 0.15) is 30.3 Å². The number of aromatic nitrogens is 1. The van der Waals surface area contributed by atoms with Gasteiger partial charge in [0.25, 0.3) is 0 Å². The molecule has 1 amide bonds. The summed E-state index contributed by atoms with van der Waals surface area (Å²) < 4.78 is 1.23. The lowest BCUT2D eigenvalue weighted by Gasteiger charge is -2.22. The number of thiazole rings is 1. The van der Waals surface area contributed by atoms with Crippen LogP contribution in [0.3, 0.4) is 0 Å². The molecule has 3 aromatic rings. The van der Waals surface area contributed by atoms with Gasteiger partial charge in [-0.1, -0.05) is 24.3 Å². The largest absolute Gasteiger partial charge is 0.374 e. The molecule has 26 heavy (non-hydrogen) atoms. The van der Waals surface area contributed by atoms with Crippen LogP contribution in [0, 0.1) is 0 Å². The van der Waals surface area contributed by atoms with Gasteiger partial charge in [0, 0.05) is 25.2 Å². The Balaban J connectivity index is 1.39. The number of rotatable bonds is 5. The monoisotopic (exact) mass is 365 g/mol. The van der Waals surface area contributed by atoms with E-state index in [2.05, 4.69) is 47.8 Å². The summed E-state index contributed by atoms with van der Waals surface area (Å²) in [5.41, 5.74) is 3.28. The first-order valence-electron chi connectivity index (χ1n) is 9.18. The van der Waals surface area contributed by atoms with Crippen molar-refractivity contribution >= 4 is 33.1 Å². The average Bonchev–Trinajstić information content (AvgIpc) is 3.31. The van der Waals surface area contributed by atoms with Crippen LogP contribution in [0.5, 0.6) is 0 Å². The summed E-state index contributed by atoms with van der Waals surface area (Å²) in [5.74, 6) is 0.195. The highest BCUT2D eigenvalue weighted by molar-refractivity contribution is 7.18. The molecule has 1 aliphatic rings. The van der Waals surface area contributed by atoms with E-state index in [9.17, 15) is 4.79 Å². The molecule has 0 spiro atoms. The molecule has 5 heteroatoms. The van der Waals surface area contributed by atoms with Gasteiger partial charge < -0.3 is 10.2 Å². The zero-order valence-electron chi connectivity index (χ0n) is 14.9. The van der Waals surface area contributed by atoms with Crippen LogP contribution in [0.15, 0.2) is 48.5 Å². The number of anilines is 1. The fraction of sp³-hybridized carbons (Fsp3) is 0.333. The second-order valence-electron chi connectivity index (χ2n) is 6.85. The summed E-state index contributed by atoms with van der Waals surface area (Å²) >= 11 is 1.75. The zero-order chi connectivity index (χ0) is 17.9. The highest BCUT2D eigenvalue weighted by Crippen LogP contribution is 2.24. The number of hydrogen-bond donors (Lipinski definition) is 1. The van der Waals surface area contributed by atoms with Crippen LogP contribution >= 0.6 is 11.3 Å². The fourth-order valence-corrected chi connectivity index (χ4v) is 4.41. The first kappa shape index (κ1) is 17.0. The zero-order valence-corrected chi connectivity index (χ0v) is 15.8. The van der Waals surface area contributed by atoms with Crippen LogP contribution in [0.2, 0.25) is 0 Å². The molecular weight excluding hydrogens is 342 g/mol. The van der Waals surface area contributed by atoms with Crippen molar-refractivity contribution in [3.05, 3.63) is 59.1 Å². The Morgan fingerprint density at radius 3 is 2.62 bits per heavy atom. The van der Waals surface area contributed by atoms with Crippen LogP contribution in [0.25, 0.3) is 10.2 Å². The summed E-state index contributed by atoms with van der Waals surface area (Å²) in [7, 11) is 0. The standard InChI is InChI=1S/C21H23N3OS/c1-15(21(25)24-12-4-5-13-24)22-17-10-8-16(9-11-17)14-20-23-18-6-2-3-7-19(18)26-20/h2-3,6-11,15,22H,4-5,12-14H2,1H3. The minimum absolute atomic E-state index is 0.191. The van der Waals surface area contributed by atoms with Crippen molar-refractivity contribution in [2.45, 2.75) is 32.2 Å². The van der Waals surface area contributed by atoms with Crippen molar-refractivity contribution in [3.8, 4) is 0 Å². The number of likely N-dealkylation sites (tertiary alicyclic amines) is 1. The molecular formula is C21H23N3OS. The molecule has 0 aliphatic carbocycles. The van der Waals surface area contributed by atoms with Gasteiger partial charge in [-0.05, 0) is 49.6 Å². The molecule has 1 N–H and O–H groups in total. The molecule has 4 rings (SSSR count). The van der Waals surface area contributed by atoms with E-state index in [1.807, 2.05) is 17.9 Å². The summed E-state index contributed by atoms with van der Waals surface area (Å²) in [6.07, 6.45) is 3.08. The maximum absolute atomic E-state index is 12.4. The molecule has 0 radical (unpaired) electrons. The number of nitrogens with zero attached hydrogens (tertiary/aromatic N) is 2. The summed E-state index contributed by atoms with van der Waals surface area (Å²) in [6.45, 7) is 3.73. The van der Waals surface area contributed by atoms with Gasteiger partial charge in [-0.25, -0.2) is 4.98 Å². The number of para-hydroxylation sites is 1. The Kier molecular flexibility index (Phi) is 4.89. The Labute approximate surface area is 157 Å². The molecule has 2 aromatic carbocycles. The highest BCUT2D eigenvalue weighted by Gasteiger charge is 2.22. The molecule has 1 saturated heterocycles. The topological polar surface area (TPSA) is 45.2 Å². The minimum Gasteiger partial charge on any atom is -0.374 e. The van der Waals surface area contributed by atoms with Gasteiger partial charge in [-0.15, -0.1) is 11.3 Å². The van der Waals surface area contributed by atoms with Crippen molar-refractivity contribution in [3.63, 3.8) is 0 Å². The molecule has 134 valence electrons. The average molecular weight is 366 g/mol. The predicted molar refractivity (Wildman–Crippen MR) is 108 cm³/mol. The van der Waals surface area contributed by atoms with E-state index in [4.69, 9.17) is 4.98 Å². The first-order valence-corrected chi connectivity index (χ1v) is 9.99. The van der Waals surface area contributed by atoms with Crippen molar-refractivity contribution < 1.29 is 4.79 Å². The number of fused-ring (bicyclic) bond motifs is 1. The molecule has 1 aliphatic heterocycles. The highest BCUT2D eigenvalue weighted by atomic mass is 32.1. The maximum atomic E-state index is 12.4. The number of carbonyl (C=O) groups is 1.